The number of hydrogen-bond acceptors (Lipinski definition) is 4. The van der Waals surface area contributed by atoms with Gasteiger partial charge in [0.15, 0.2) is 5.82 Å². The molecular weight excluding hydrogens is 168 g/mol. The lowest BCUT2D eigenvalue weighted by molar-refractivity contribution is 0.871. The molecular formula is C8H6N4O. The number of aromatic nitrogens is 4. The van der Waals surface area contributed by atoms with Gasteiger partial charge >= 0.3 is 5.69 Å². The second-order valence-electron chi connectivity index (χ2n) is 2.34. The molecule has 0 radical (unpaired) electrons. The van der Waals surface area contributed by atoms with E-state index in [0.717, 1.165) is 0 Å². The quantitative estimate of drug-likeness (QED) is 0.611. The van der Waals surface area contributed by atoms with E-state index in [4.69, 9.17) is 0 Å². The lowest BCUT2D eigenvalue weighted by atomic mass is 10.6. The molecule has 2 aromatic heterocycles. The van der Waals surface area contributed by atoms with Crippen LogP contribution in [0.3, 0.4) is 0 Å². The minimum atomic E-state index is -0.358. The van der Waals surface area contributed by atoms with E-state index in [9.17, 15) is 4.79 Å². The molecule has 0 aromatic carbocycles. The molecule has 0 atom stereocenters. The molecule has 2 rings (SSSR count). The predicted molar refractivity (Wildman–Crippen MR) is 45.4 cm³/mol. The third kappa shape index (κ3) is 1.44. The van der Waals surface area contributed by atoms with Crippen molar-refractivity contribution < 1.29 is 0 Å². The number of hydrogen-bond donors (Lipinski definition) is 0. The molecule has 64 valence electrons. The SMILES string of the molecule is O=c1ncccn1-c1cnccn1. The van der Waals surface area contributed by atoms with Gasteiger partial charge in [0.1, 0.15) is 0 Å². The summed E-state index contributed by atoms with van der Waals surface area (Å²) in [6.45, 7) is 0. The van der Waals surface area contributed by atoms with Crippen LogP contribution in [-0.2, 0) is 0 Å². The van der Waals surface area contributed by atoms with E-state index in [-0.39, 0.29) is 5.69 Å². The van der Waals surface area contributed by atoms with Gasteiger partial charge in [-0.15, -0.1) is 0 Å². The van der Waals surface area contributed by atoms with Crippen molar-refractivity contribution in [2.75, 3.05) is 0 Å². The summed E-state index contributed by atoms with van der Waals surface area (Å²) in [4.78, 5) is 22.6. The summed E-state index contributed by atoms with van der Waals surface area (Å²) >= 11 is 0. The minimum Gasteiger partial charge on any atom is -0.259 e. The summed E-state index contributed by atoms with van der Waals surface area (Å²) in [5.41, 5.74) is -0.358. The van der Waals surface area contributed by atoms with E-state index in [2.05, 4.69) is 15.0 Å². The highest BCUT2D eigenvalue weighted by Crippen LogP contribution is 1.94. The van der Waals surface area contributed by atoms with Crippen molar-refractivity contribution in [1.29, 1.82) is 0 Å². The molecule has 0 amide bonds. The minimum absolute atomic E-state index is 0.358. The summed E-state index contributed by atoms with van der Waals surface area (Å²) < 4.78 is 1.33. The van der Waals surface area contributed by atoms with Crippen LogP contribution in [0.4, 0.5) is 0 Å². The first kappa shape index (κ1) is 7.60. The van der Waals surface area contributed by atoms with Gasteiger partial charge in [0.2, 0.25) is 0 Å². The van der Waals surface area contributed by atoms with E-state index in [1.165, 1.54) is 23.2 Å². The van der Waals surface area contributed by atoms with Crippen LogP contribution in [-0.4, -0.2) is 19.5 Å². The largest absolute Gasteiger partial charge is 0.353 e. The Labute approximate surface area is 73.7 Å². The van der Waals surface area contributed by atoms with Crippen LogP contribution in [0.5, 0.6) is 0 Å². The Kier molecular flexibility index (Phi) is 1.84. The first-order chi connectivity index (χ1) is 6.38. The lowest BCUT2D eigenvalue weighted by Crippen LogP contribution is -2.20. The molecule has 5 nitrogen and oxygen atoms in total. The highest BCUT2D eigenvalue weighted by molar-refractivity contribution is 5.16. The van der Waals surface area contributed by atoms with Crippen LogP contribution in [0.1, 0.15) is 0 Å². The molecule has 0 saturated carbocycles. The van der Waals surface area contributed by atoms with Gasteiger partial charge in [-0.25, -0.2) is 14.8 Å². The zero-order valence-corrected chi connectivity index (χ0v) is 6.66. The Morgan fingerprint density at radius 1 is 1.15 bits per heavy atom. The van der Waals surface area contributed by atoms with Crippen LogP contribution in [0.2, 0.25) is 0 Å². The molecule has 0 aliphatic rings. The summed E-state index contributed by atoms with van der Waals surface area (Å²) in [5.74, 6) is 0.473. The van der Waals surface area contributed by atoms with E-state index >= 15 is 0 Å². The maximum Gasteiger partial charge on any atom is 0.353 e. The first-order valence-electron chi connectivity index (χ1n) is 3.68. The highest BCUT2D eigenvalue weighted by Gasteiger charge is 1.98. The van der Waals surface area contributed by atoms with Crippen molar-refractivity contribution in [3.63, 3.8) is 0 Å². The van der Waals surface area contributed by atoms with Crippen molar-refractivity contribution in [2.45, 2.75) is 0 Å². The number of nitrogens with zero attached hydrogens (tertiary/aromatic N) is 4. The lowest BCUT2D eigenvalue weighted by Gasteiger charge is -1.99. The molecule has 5 heteroatoms. The van der Waals surface area contributed by atoms with Crippen molar-refractivity contribution in [2.24, 2.45) is 0 Å². The molecule has 0 aliphatic heterocycles. The summed E-state index contributed by atoms with van der Waals surface area (Å²) in [6, 6.07) is 1.66. The molecule has 0 spiro atoms. The first-order valence-corrected chi connectivity index (χ1v) is 3.68. The Morgan fingerprint density at radius 3 is 2.77 bits per heavy atom. The van der Waals surface area contributed by atoms with Crippen molar-refractivity contribution >= 4 is 0 Å². The molecule has 0 bridgehead atoms. The molecule has 0 N–H and O–H groups in total. The van der Waals surface area contributed by atoms with Crippen molar-refractivity contribution in [1.82, 2.24) is 19.5 Å². The van der Waals surface area contributed by atoms with Crippen LogP contribution in [0, 0.1) is 0 Å². The summed E-state index contributed by atoms with van der Waals surface area (Å²) in [6.07, 6.45) is 7.61. The Bertz CT molecular complexity index is 451. The molecule has 13 heavy (non-hydrogen) atoms. The summed E-state index contributed by atoms with van der Waals surface area (Å²) in [5, 5.41) is 0. The van der Waals surface area contributed by atoms with E-state index in [1.807, 2.05) is 0 Å². The molecule has 2 aromatic rings. The predicted octanol–water partition coefficient (Wildman–Crippen LogP) is 0.0225. The fraction of sp³-hybridized carbons (Fsp3) is 0. The molecule has 2 heterocycles. The van der Waals surface area contributed by atoms with Gasteiger partial charge in [0, 0.05) is 24.8 Å². The second kappa shape index (κ2) is 3.14. The molecule has 0 unspecified atom stereocenters. The van der Waals surface area contributed by atoms with Gasteiger partial charge in [-0.1, -0.05) is 0 Å². The molecule has 0 fully saturated rings. The maximum absolute atomic E-state index is 11.2. The van der Waals surface area contributed by atoms with Crippen LogP contribution in [0.15, 0.2) is 41.8 Å². The summed E-state index contributed by atoms with van der Waals surface area (Å²) in [7, 11) is 0. The third-order valence-electron chi connectivity index (χ3n) is 1.51. The van der Waals surface area contributed by atoms with Gasteiger partial charge in [0.25, 0.3) is 0 Å². The van der Waals surface area contributed by atoms with Gasteiger partial charge in [-0.2, -0.15) is 0 Å². The van der Waals surface area contributed by atoms with Crippen LogP contribution < -0.4 is 5.69 Å². The smallest absolute Gasteiger partial charge is 0.259 e. The second-order valence-corrected chi connectivity index (χ2v) is 2.34. The van der Waals surface area contributed by atoms with Crippen LogP contribution in [0.25, 0.3) is 5.82 Å². The average Bonchev–Trinajstić information content (AvgIpc) is 2.20. The van der Waals surface area contributed by atoms with Gasteiger partial charge in [-0.3, -0.25) is 9.55 Å². The fourth-order valence-corrected chi connectivity index (χ4v) is 0.947. The topological polar surface area (TPSA) is 60.7 Å². The normalized spacial score (nSPS) is 9.85. The van der Waals surface area contributed by atoms with Crippen molar-refractivity contribution in [3.05, 3.63) is 47.5 Å². The average molecular weight is 174 g/mol. The Hall–Kier alpha value is -2.04. The van der Waals surface area contributed by atoms with Gasteiger partial charge < -0.3 is 0 Å². The Morgan fingerprint density at radius 2 is 2.08 bits per heavy atom. The maximum atomic E-state index is 11.2. The molecule has 0 aliphatic carbocycles. The van der Waals surface area contributed by atoms with Gasteiger partial charge in [-0.05, 0) is 6.07 Å². The Balaban J connectivity index is 2.60. The van der Waals surface area contributed by atoms with E-state index in [0.29, 0.717) is 5.82 Å². The van der Waals surface area contributed by atoms with Crippen LogP contribution >= 0.6 is 0 Å². The zero-order valence-electron chi connectivity index (χ0n) is 6.66. The van der Waals surface area contributed by atoms with Crippen molar-refractivity contribution in [3.8, 4) is 5.82 Å². The fourth-order valence-electron chi connectivity index (χ4n) is 0.947. The number of rotatable bonds is 1. The monoisotopic (exact) mass is 174 g/mol. The molecule has 0 saturated heterocycles. The highest BCUT2D eigenvalue weighted by atomic mass is 16.1. The van der Waals surface area contributed by atoms with Gasteiger partial charge in [0.05, 0.1) is 6.20 Å². The standard InChI is InChI=1S/C8H6N4O/c13-8-11-2-1-5-12(8)7-6-9-3-4-10-7/h1-6H. The van der Waals surface area contributed by atoms with E-state index < -0.39 is 0 Å². The zero-order chi connectivity index (χ0) is 9.10. The third-order valence-corrected chi connectivity index (χ3v) is 1.51. The van der Waals surface area contributed by atoms with E-state index in [1.54, 1.807) is 18.5 Å².